The van der Waals surface area contributed by atoms with Gasteiger partial charge in [-0.3, -0.25) is 9.97 Å². The number of nitrogens with two attached hydrogens (primary N) is 1. The van der Waals surface area contributed by atoms with Gasteiger partial charge in [0.05, 0.1) is 17.3 Å². The number of halogens is 2. The van der Waals surface area contributed by atoms with E-state index in [2.05, 4.69) is 47.9 Å². The molecule has 0 saturated heterocycles. The number of rotatable bonds is 2. The van der Waals surface area contributed by atoms with Crippen LogP contribution in [-0.2, 0) is 0 Å². The summed E-state index contributed by atoms with van der Waals surface area (Å²) in [5.41, 5.74) is 9.01. The number of hydrogen-bond donors (Lipinski definition) is 1. The Morgan fingerprint density at radius 2 is 1.80 bits per heavy atom. The van der Waals surface area contributed by atoms with Gasteiger partial charge in [-0.1, -0.05) is 18.2 Å². The predicted octanol–water partition coefficient (Wildman–Crippen LogP) is 4.20. The fourth-order valence-corrected chi connectivity index (χ4v) is 3.30. The third kappa shape index (κ3) is 2.61. The van der Waals surface area contributed by atoms with Gasteiger partial charge in [0.25, 0.3) is 0 Å². The summed E-state index contributed by atoms with van der Waals surface area (Å²) in [7, 11) is 0. The summed E-state index contributed by atoms with van der Waals surface area (Å²) in [6.07, 6.45) is 3.55. The van der Waals surface area contributed by atoms with E-state index in [9.17, 15) is 0 Å². The molecule has 2 N–H and O–H groups in total. The maximum Gasteiger partial charge on any atom is 0.0759 e. The molecule has 0 radical (unpaired) electrons. The van der Waals surface area contributed by atoms with Crippen LogP contribution in [0.15, 0.2) is 57.7 Å². The smallest absolute Gasteiger partial charge is 0.0759 e. The largest absolute Gasteiger partial charge is 0.319 e. The maximum atomic E-state index is 6.31. The fraction of sp³-hybridized carbons (Fsp3) is 0.0667. The molecule has 0 bridgehead atoms. The summed E-state index contributed by atoms with van der Waals surface area (Å²) in [4.78, 5) is 8.83. The lowest BCUT2D eigenvalue weighted by molar-refractivity contribution is 0.818. The van der Waals surface area contributed by atoms with Crippen LogP contribution in [0.25, 0.3) is 10.9 Å². The van der Waals surface area contributed by atoms with E-state index in [4.69, 9.17) is 5.73 Å². The Bertz CT molecular complexity index is 774. The molecule has 1 aromatic carbocycles. The number of benzene rings is 1. The molecule has 100 valence electrons. The van der Waals surface area contributed by atoms with Crippen LogP contribution in [-0.4, -0.2) is 9.97 Å². The molecular formula is C15H11Br2N3. The van der Waals surface area contributed by atoms with Crippen LogP contribution >= 0.6 is 31.9 Å². The zero-order valence-corrected chi connectivity index (χ0v) is 13.6. The maximum absolute atomic E-state index is 6.31. The van der Waals surface area contributed by atoms with Gasteiger partial charge in [-0.25, -0.2) is 0 Å². The molecule has 0 aliphatic rings. The van der Waals surface area contributed by atoms with E-state index in [0.717, 1.165) is 31.1 Å². The third-order valence-corrected chi connectivity index (χ3v) is 4.17. The minimum atomic E-state index is -0.311. The number of para-hydroxylation sites is 1. The first-order valence-corrected chi connectivity index (χ1v) is 7.65. The lowest BCUT2D eigenvalue weighted by atomic mass is 10.0. The van der Waals surface area contributed by atoms with Crippen molar-refractivity contribution in [2.24, 2.45) is 5.73 Å². The molecule has 3 rings (SSSR count). The van der Waals surface area contributed by atoms with Crippen molar-refractivity contribution in [3.63, 3.8) is 0 Å². The van der Waals surface area contributed by atoms with Crippen molar-refractivity contribution in [3.8, 4) is 0 Å². The molecule has 3 nitrogen and oxygen atoms in total. The fourth-order valence-electron chi connectivity index (χ4n) is 2.07. The Kier molecular flexibility index (Phi) is 3.83. The highest BCUT2D eigenvalue weighted by Crippen LogP contribution is 2.28. The van der Waals surface area contributed by atoms with Crippen LogP contribution < -0.4 is 5.73 Å². The van der Waals surface area contributed by atoms with Crippen molar-refractivity contribution in [2.75, 3.05) is 0 Å². The normalized spacial score (nSPS) is 12.6. The van der Waals surface area contributed by atoms with Crippen LogP contribution in [0.4, 0.5) is 0 Å². The molecule has 0 aliphatic carbocycles. The lowest BCUT2D eigenvalue weighted by Gasteiger charge is -2.13. The molecule has 2 heterocycles. The van der Waals surface area contributed by atoms with Crippen molar-refractivity contribution >= 4 is 42.8 Å². The molecule has 0 spiro atoms. The third-order valence-electron chi connectivity index (χ3n) is 3.10. The van der Waals surface area contributed by atoms with E-state index >= 15 is 0 Å². The van der Waals surface area contributed by atoms with Gasteiger partial charge in [-0.2, -0.15) is 0 Å². The Labute approximate surface area is 133 Å². The molecule has 2 aromatic heterocycles. The van der Waals surface area contributed by atoms with Crippen molar-refractivity contribution < 1.29 is 0 Å². The van der Waals surface area contributed by atoms with E-state index in [1.54, 1.807) is 6.20 Å². The number of hydrogen-bond acceptors (Lipinski definition) is 3. The summed E-state index contributed by atoms with van der Waals surface area (Å²) in [5.74, 6) is 0. The quantitative estimate of drug-likeness (QED) is 0.710. The molecule has 20 heavy (non-hydrogen) atoms. The van der Waals surface area contributed by atoms with Crippen molar-refractivity contribution in [2.45, 2.75) is 6.04 Å². The van der Waals surface area contributed by atoms with Gasteiger partial charge < -0.3 is 5.73 Å². The summed E-state index contributed by atoms with van der Waals surface area (Å²) in [6.45, 7) is 0. The SMILES string of the molecule is NC(c1cnc2ccccc2c1)c1ncc(Br)cc1Br. The number of nitrogens with zero attached hydrogens (tertiary/aromatic N) is 2. The highest BCUT2D eigenvalue weighted by atomic mass is 79.9. The van der Waals surface area contributed by atoms with Gasteiger partial charge in [0, 0.05) is 26.7 Å². The second-order valence-corrected chi connectivity index (χ2v) is 6.23. The summed E-state index contributed by atoms with van der Waals surface area (Å²) >= 11 is 6.89. The molecule has 1 unspecified atom stereocenters. The molecule has 0 aliphatic heterocycles. The second-order valence-electron chi connectivity index (χ2n) is 4.46. The average Bonchev–Trinajstić information content (AvgIpc) is 2.46. The molecule has 0 fully saturated rings. The number of aromatic nitrogens is 2. The van der Waals surface area contributed by atoms with Crippen LogP contribution in [0.5, 0.6) is 0 Å². The van der Waals surface area contributed by atoms with Gasteiger partial charge in [0.15, 0.2) is 0 Å². The van der Waals surface area contributed by atoms with E-state index in [-0.39, 0.29) is 6.04 Å². The Morgan fingerprint density at radius 3 is 2.60 bits per heavy atom. The van der Waals surface area contributed by atoms with Gasteiger partial charge in [0.1, 0.15) is 0 Å². The monoisotopic (exact) mass is 391 g/mol. The van der Waals surface area contributed by atoms with Crippen LogP contribution in [0.1, 0.15) is 17.3 Å². The molecule has 1 atom stereocenters. The Hall–Kier alpha value is -1.30. The Balaban J connectivity index is 2.05. The minimum Gasteiger partial charge on any atom is -0.319 e. The van der Waals surface area contributed by atoms with E-state index in [1.165, 1.54) is 0 Å². The van der Waals surface area contributed by atoms with Crippen molar-refractivity contribution in [1.29, 1.82) is 0 Å². The number of pyridine rings is 2. The van der Waals surface area contributed by atoms with Crippen LogP contribution in [0, 0.1) is 0 Å². The Morgan fingerprint density at radius 1 is 1.00 bits per heavy atom. The predicted molar refractivity (Wildman–Crippen MR) is 87.4 cm³/mol. The highest BCUT2D eigenvalue weighted by molar-refractivity contribution is 9.11. The first-order chi connectivity index (χ1) is 9.65. The molecular weight excluding hydrogens is 382 g/mol. The topological polar surface area (TPSA) is 51.8 Å². The molecule has 3 aromatic rings. The highest BCUT2D eigenvalue weighted by Gasteiger charge is 2.15. The van der Waals surface area contributed by atoms with Crippen LogP contribution in [0.2, 0.25) is 0 Å². The lowest BCUT2D eigenvalue weighted by Crippen LogP contribution is -2.14. The second kappa shape index (κ2) is 5.60. The van der Waals surface area contributed by atoms with Crippen LogP contribution in [0.3, 0.4) is 0 Å². The first-order valence-electron chi connectivity index (χ1n) is 6.06. The van der Waals surface area contributed by atoms with E-state index in [0.29, 0.717) is 0 Å². The zero-order chi connectivity index (χ0) is 14.1. The van der Waals surface area contributed by atoms with E-state index in [1.807, 2.05) is 36.5 Å². The standard InChI is InChI=1S/C15H11Br2N3/c16-11-6-12(17)15(20-8-11)14(18)10-5-9-3-1-2-4-13(9)19-7-10/h1-8,14H,18H2. The summed E-state index contributed by atoms with van der Waals surface area (Å²) in [6, 6.07) is 11.7. The van der Waals surface area contributed by atoms with Gasteiger partial charge in [-0.15, -0.1) is 0 Å². The van der Waals surface area contributed by atoms with Crippen molar-refractivity contribution in [3.05, 3.63) is 69.0 Å². The summed E-state index contributed by atoms with van der Waals surface area (Å²) < 4.78 is 1.80. The molecule has 5 heteroatoms. The molecule has 0 amide bonds. The minimum absolute atomic E-state index is 0.311. The van der Waals surface area contributed by atoms with Gasteiger partial charge in [0.2, 0.25) is 0 Å². The first kappa shape index (κ1) is 13.7. The van der Waals surface area contributed by atoms with E-state index < -0.39 is 0 Å². The van der Waals surface area contributed by atoms with Gasteiger partial charge in [-0.05, 0) is 55.6 Å². The average molecular weight is 393 g/mol. The van der Waals surface area contributed by atoms with Gasteiger partial charge >= 0.3 is 0 Å². The summed E-state index contributed by atoms with van der Waals surface area (Å²) in [5, 5.41) is 1.08. The molecule has 0 saturated carbocycles. The zero-order valence-electron chi connectivity index (χ0n) is 10.4. The number of fused-ring (bicyclic) bond motifs is 1. The van der Waals surface area contributed by atoms with Crippen molar-refractivity contribution in [1.82, 2.24) is 9.97 Å².